The largest absolute Gasteiger partial charge is 0.486 e. The number of nitrogens with zero attached hydrogens (tertiary/aromatic N) is 2. The number of sulfonamides is 1. The van der Waals surface area contributed by atoms with Crippen LogP contribution in [0.3, 0.4) is 0 Å². The first kappa shape index (κ1) is 20.0. The lowest BCUT2D eigenvalue weighted by Gasteiger charge is -2.34. The van der Waals surface area contributed by atoms with Crippen molar-refractivity contribution in [1.29, 1.82) is 0 Å². The van der Waals surface area contributed by atoms with E-state index in [0.29, 0.717) is 48.4 Å². The van der Waals surface area contributed by atoms with Gasteiger partial charge in [-0.2, -0.15) is 4.31 Å². The van der Waals surface area contributed by atoms with Crippen molar-refractivity contribution in [2.75, 3.05) is 39.4 Å². The highest BCUT2D eigenvalue weighted by molar-refractivity contribution is 7.88. The van der Waals surface area contributed by atoms with Crippen molar-refractivity contribution in [2.24, 2.45) is 0 Å². The first-order valence-electron chi connectivity index (χ1n) is 9.34. The van der Waals surface area contributed by atoms with Gasteiger partial charge in [0.15, 0.2) is 11.5 Å². The summed E-state index contributed by atoms with van der Waals surface area (Å²) in [6.45, 7) is 1.98. The standard InChI is InChI=1S/C20H21ClN2O5S/c21-17-12-16(13-18-19(17)28-11-10-27-18)20(24)22-6-8-23(9-7-22)29(25,26)14-15-4-2-1-3-5-15/h1-5,12-13H,6-11,14H2. The van der Waals surface area contributed by atoms with Crippen molar-refractivity contribution in [3.8, 4) is 11.5 Å². The molecule has 0 bridgehead atoms. The van der Waals surface area contributed by atoms with Crippen LogP contribution in [-0.2, 0) is 15.8 Å². The van der Waals surface area contributed by atoms with Crippen LogP contribution in [0.15, 0.2) is 42.5 Å². The summed E-state index contributed by atoms with van der Waals surface area (Å²) in [5, 5.41) is 0.328. The molecule has 9 heteroatoms. The minimum absolute atomic E-state index is 0.0421. The zero-order valence-corrected chi connectivity index (χ0v) is 17.3. The second-order valence-electron chi connectivity index (χ2n) is 6.92. The Hall–Kier alpha value is -2.29. The highest BCUT2D eigenvalue weighted by Gasteiger charge is 2.30. The lowest BCUT2D eigenvalue weighted by molar-refractivity contribution is 0.0696. The second-order valence-corrected chi connectivity index (χ2v) is 9.29. The van der Waals surface area contributed by atoms with Gasteiger partial charge in [0.1, 0.15) is 13.2 Å². The summed E-state index contributed by atoms with van der Waals surface area (Å²) in [4.78, 5) is 14.5. The number of piperazine rings is 1. The molecule has 0 radical (unpaired) electrons. The summed E-state index contributed by atoms with van der Waals surface area (Å²) < 4.78 is 37.8. The van der Waals surface area contributed by atoms with Gasteiger partial charge in [-0.05, 0) is 17.7 Å². The normalized spacial score (nSPS) is 17.2. The number of rotatable bonds is 4. The highest BCUT2D eigenvalue weighted by atomic mass is 35.5. The van der Waals surface area contributed by atoms with Crippen LogP contribution in [0, 0.1) is 0 Å². The Morgan fingerprint density at radius 3 is 2.41 bits per heavy atom. The van der Waals surface area contributed by atoms with Crippen LogP contribution in [0.1, 0.15) is 15.9 Å². The van der Waals surface area contributed by atoms with E-state index >= 15 is 0 Å². The van der Waals surface area contributed by atoms with E-state index < -0.39 is 10.0 Å². The van der Waals surface area contributed by atoms with Crippen LogP contribution in [-0.4, -0.2) is 62.9 Å². The molecule has 0 atom stereocenters. The molecule has 29 heavy (non-hydrogen) atoms. The fourth-order valence-corrected chi connectivity index (χ4v) is 5.24. The number of benzene rings is 2. The molecule has 2 aromatic rings. The Morgan fingerprint density at radius 2 is 1.69 bits per heavy atom. The zero-order valence-electron chi connectivity index (χ0n) is 15.7. The van der Waals surface area contributed by atoms with Gasteiger partial charge in [0.25, 0.3) is 5.91 Å². The molecule has 1 saturated heterocycles. The van der Waals surface area contributed by atoms with Gasteiger partial charge in [-0.3, -0.25) is 4.79 Å². The summed E-state index contributed by atoms with van der Waals surface area (Å²) in [5.74, 6) is 0.658. The van der Waals surface area contributed by atoms with Gasteiger partial charge in [0.05, 0.1) is 10.8 Å². The third kappa shape index (κ3) is 4.34. The van der Waals surface area contributed by atoms with Crippen molar-refractivity contribution in [3.63, 3.8) is 0 Å². The molecule has 1 amide bonds. The Labute approximate surface area is 174 Å². The molecule has 0 aliphatic carbocycles. The lowest BCUT2D eigenvalue weighted by atomic mass is 10.1. The molecular formula is C20H21ClN2O5S. The molecule has 0 spiro atoms. The fraction of sp³-hybridized carbons (Fsp3) is 0.350. The average Bonchev–Trinajstić information content (AvgIpc) is 2.74. The average molecular weight is 437 g/mol. The number of halogens is 1. The summed E-state index contributed by atoms with van der Waals surface area (Å²) >= 11 is 6.23. The molecule has 2 aliphatic rings. The maximum atomic E-state index is 12.9. The van der Waals surface area contributed by atoms with E-state index in [0.717, 1.165) is 5.56 Å². The van der Waals surface area contributed by atoms with E-state index in [2.05, 4.69) is 0 Å². The minimum atomic E-state index is -3.43. The van der Waals surface area contributed by atoms with Crippen molar-refractivity contribution >= 4 is 27.5 Å². The van der Waals surface area contributed by atoms with Gasteiger partial charge in [-0.1, -0.05) is 41.9 Å². The minimum Gasteiger partial charge on any atom is -0.486 e. The Bertz CT molecular complexity index is 1010. The first-order valence-corrected chi connectivity index (χ1v) is 11.3. The first-order chi connectivity index (χ1) is 13.9. The third-order valence-electron chi connectivity index (χ3n) is 4.95. The van der Waals surface area contributed by atoms with Gasteiger partial charge in [-0.15, -0.1) is 0 Å². The van der Waals surface area contributed by atoms with Crippen LogP contribution in [0.5, 0.6) is 11.5 Å². The van der Waals surface area contributed by atoms with Crippen LogP contribution >= 0.6 is 11.6 Å². The van der Waals surface area contributed by atoms with Crippen LogP contribution in [0.4, 0.5) is 0 Å². The van der Waals surface area contributed by atoms with Crippen molar-refractivity contribution in [3.05, 3.63) is 58.6 Å². The molecular weight excluding hydrogens is 416 g/mol. The number of fused-ring (bicyclic) bond motifs is 1. The molecule has 0 N–H and O–H groups in total. The predicted molar refractivity (Wildman–Crippen MR) is 109 cm³/mol. The monoisotopic (exact) mass is 436 g/mol. The van der Waals surface area contributed by atoms with Gasteiger partial charge in [0.2, 0.25) is 10.0 Å². The summed E-state index contributed by atoms with van der Waals surface area (Å²) in [5.41, 5.74) is 1.15. The molecule has 2 heterocycles. The summed E-state index contributed by atoms with van der Waals surface area (Å²) in [6.07, 6.45) is 0. The third-order valence-corrected chi connectivity index (χ3v) is 7.09. The molecule has 0 aromatic heterocycles. The maximum absolute atomic E-state index is 12.9. The summed E-state index contributed by atoms with van der Waals surface area (Å²) in [6, 6.07) is 12.3. The Kier molecular flexibility index (Phi) is 5.67. The van der Waals surface area contributed by atoms with Crippen molar-refractivity contribution in [1.82, 2.24) is 9.21 Å². The molecule has 154 valence electrons. The van der Waals surface area contributed by atoms with Gasteiger partial charge in [-0.25, -0.2) is 8.42 Å². The van der Waals surface area contributed by atoms with Gasteiger partial charge in [0, 0.05) is 31.7 Å². The van der Waals surface area contributed by atoms with E-state index in [1.54, 1.807) is 29.2 Å². The van der Waals surface area contributed by atoms with E-state index in [1.165, 1.54) is 4.31 Å². The maximum Gasteiger partial charge on any atom is 0.254 e. The predicted octanol–water partition coefficient (Wildman–Crippen LogP) is 2.40. The molecule has 0 saturated carbocycles. The lowest BCUT2D eigenvalue weighted by Crippen LogP contribution is -2.50. The van der Waals surface area contributed by atoms with Crippen molar-refractivity contribution < 1.29 is 22.7 Å². The molecule has 2 aromatic carbocycles. The second kappa shape index (κ2) is 8.22. The number of amides is 1. The molecule has 7 nitrogen and oxygen atoms in total. The summed E-state index contributed by atoms with van der Waals surface area (Å²) in [7, 11) is -3.43. The zero-order chi connectivity index (χ0) is 20.4. The molecule has 0 unspecified atom stereocenters. The quantitative estimate of drug-likeness (QED) is 0.735. The Morgan fingerprint density at radius 1 is 1.00 bits per heavy atom. The molecule has 2 aliphatic heterocycles. The molecule has 1 fully saturated rings. The smallest absolute Gasteiger partial charge is 0.254 e. The fourth-order valence-electron chi connectivity index (χ4n) is 3.46. The SMILES string of the molecule is O=C(c1cc(Cl)c2c(c1)OCCO2)N1CCN(S(=O)(=O)Cc2ccccc2)CC1. The Balaban J connectivity index is 1.42. The van der Waals surface area contributed by atoms with E-state index in [-0.39, 0.29) is 24.7 Å². The molecule has 4 rings (SSSR count). The number of carbonyl (C=O) groups is 1. The van der Waals surface area contributed by atoms with E-state index in [9.17, 15) is 13.2 Å². The number of hydrogen-bond acceptors (Lipinski definition) is 5. The topological polar surface area (TPSA) is 76.2 Å². The number of carbonyl (C=O) groups excluding carboxylic acids is 1. The number of hydrogen-bond donors (Lipinski definition) is 0. The van der Waals surface area contributed by atoms with E-state index in [4.69, 9.17) is 21.1 Å². The van der Waals surface area contributed by atoms with Crippen LogP contribution < -0.4 is 9.47 Å². The van der Waals surface area contributed by atoms with E-state index in [1.807, 2.05) is 18.2 Å². The number of ether oxygens (including phenoxy) is 2. The van der Waals surface area contributed by atoms with Gasteiger partial charge < -0.3 is 14.4 Å². The van der Waals surface area contributed by atoms with Gasteiger partial charge >= 0.3 is 0 Å². The van der Waals surface area contributed by atoms with Crippen LogP contribution in [0.25, 0.3) is 0 Å². The van der Waals surface area contributed by atoms with Crippen LogP contribution in [0.2, 0.25) is 5.02 Å². The van der Waals surface area contributed by atoms with Crippen molar-refractivity contribution in [2.45, 2.75) is 5.75 Å². The highest BCUT2D eigenvalue weighted by Crippen LogP contribution is 2.38.